The number of hydrogen-bond donors (Lipinski definition) is 0. The lowest BCUT2D eigenvalue weighted by Gasteiger charge is -2.17. The highest BCUT2D eigenvalue weighted by atomic mass is 16.6. The van der Waals surface area contributed by atoms with Gasteiger partial charge in [0.15, 0.2) is 5.78 Å². The van der Waals surface area contributed by atoms with Gasteiger partial charge in [0.05, 0.1) is 21.7 Å². The summed E-state index contributed by atoms with van der Waals surface area (Å²) in [5, 5.41) is 10.8. The van der Waals surface area contributed by atoms with E-state index in [1.54, 1.807) is 12.1 Å². The predicted octanol–water partition coefficient (Wildman–Crippen LogP) is 4.24. The number of nitro benzene ring substituents is 1. The highest BCUT2D eigenvalue weighted by Gasteiger charge is 2.38. The predicted molar refractivity (Wildman–Crippen MR) is 110 cm³/mol. The Labute approximate surface area is 171 Å². The minimum Gasteiger partial charge on any atom is -0.289 e. The van der Waals surface area contributed by atoms with E-state index >= 15 is 0 Å². The third kappa shape index (κ3) is 2.97. The van der Waals surface area contributed by atoms with Crippen LogP contribution in [0.5, 0.6) is 0 Å². The molecule has 1 aliphatic heterocycles. The Bertz CT molecular complexity index is 1240. The van der Waals surface area contributed by atoms with Crippen molar-refractivity contribution < 1.29 is 19.3 Å². The number of ketones is 1. The summed E-state index contributed by atoms with van der Waals surface area (Å²) in [6, 6.07) is 15.0. The Morgan fingerprint density at radius 2 is 1.50 bits per heavy atom. The number of aryl methyl sites for hydroxylation is 1. The molecule has 4 rings (SSSR count). The molecule has 0 fully saturated rings. The zero-order chi connectivity index (χ0) is 21.6. The van der Waals surface area contributed by atoms with Gasteiger partial charge in [0.2, 0.25) is 0 Å². The van der Waals surface area contributed by atoms with Crippen LogP contribution < -0.4 is 4.90 Å². The van der Waals surface area contributed by atoms with E-state index in [-0.39, 0.29) is 27.9 Å². The molecule has 0 aliphatic carbocycles. The smallest absolute Gasteiger partial charge is 0.269 e. The van der Waals surface area contributed by atoms with E-state index in [9.17, 15) is 24.5 Å². The molecule has 0 unspecified atom stereocenters. The van der Waals surface area contributed by atoms with Crippen LogP contribution in [0.1, 0.15) is 47.8 Å². The first kappa shape index (κ1) is 19.2. The van der Waals surface area contributed by atoms with Crippen LogP contribution in [0.25, 0.3) is 0 Å². The van der Waals surface area contributed by atoms with E-state index in [0.717, 1.165) is 16.0 Å². The number of carbonyl (C=O) groups excluding carboxylic acids is 3. The summed E-state index contributed by atoms with van der Waals surface area (Å²) in [4.78, 5) is 50.1. The Balaban J connectivity index is 1.70. The van der Waals surface area contributed by atoms with Gasteiger partial charge in [-0.3, -0.25) is 24.5 Å². The Morgan fingerprint density at radius 1 is 0.867 bits per heavy atom. The van der Waals surface area contributed by atoms with E-state index in [0.29, 0.717) is 5.69 Å². The Hall–Kier alpha value is -4.13. The third-order valence-electron chi connectivity index (χ3n) is 5.31. The second-order valence-corrected chi connectivity index (χ2v) is 7.06. The van der Waals surface area contributed by atoms with Crippen molar-refractivity contribution in [3.8, 4) is 0 Å². The van der Waals surface area contributed by atoms with Gasteiger partial charge >= 0.3 is 0 Å². The maximum atomic E-state index is 13.0. The SMILES string of the molecule is Cc1cccc(N2C(=O)c3ccc(C(=O)c4ccc([N+](=O)[O-])cc4)cc3C2=O)c1C. The summed E-state index contributed by atoms with van der Waals surface area (Å²) in [7, 11) is 0. The molecule has 7 nitrogen and oxygen atoms in total. The van der Waals surface area contributed by atoms with Gasteiger partial charge in [-0.2, -0.15) is 0 Å². The maximum Gasteiger partial charge on any atom is 0.269 e. The molecular weight excluding hydrogens is 384 g/mol. The highest BCUT2D eigenvalue weighted by Crippen LogP contribution is 2.32. The van der Waals surface area contributed by atoms with Crippen molar-refractivity contribution in [1.29, 1.82) is 0 Å². The Kier molecular flexibility index (Phi) is 4.50. The van der Waals surface area contributed by atoms with Crippen LogP contribution >= 0.6 is 0 Å². The first-order valence-electron chi connectivity index (χ1n) is 9.18. The molecular formula is C23H16N2O5. The van der Waals surface area contributed by atoms with Gasteiger partial charge in [-0.1, -0.05) is 18.2 Å². The van der Waals surface area contributed by atoms with Gasteiger partial charge in [-0.15, -0.1) is 0 Å². The molecule has 2 amide bonds. The summed E-state index contributed by atoms with van der Waals surface area (Å²) in [5.41, 5.74) is 3.06. The van der Waals surface area contributed by atoms with Crippen molar-refractivity contribution in [1.82, 2.24) is 0 Å². The van der Waals surface area contributed by atoms with Crippen molar-refractivity contribution in [3.05, 3.63) is 104 Å². The number of imide groups is 1. The van der Waals surface area contributed by atoms with Crippen LogP contribution in [0.2, 0.25) is 0 Å². The molecule has 30 heavy (non-hydrogen) atoms. The number of non-ortho nitro benzene ring substituents is 1. The van der Waals surface area contributed by atoms with Crippen LogP contribution in [0.15, 0.2) is 60.7 Å². The minimum absolute atomic E-state index is 0.120. The molecule has 0 spiro atoms. The van der Waals surface area contributed by atoms with E-state index in [4.69, 9.17) is 0 Å². The molecule has 0 saturated carbocycles. The van der Waals surface area contributed by atoms with Gasteiger partial charge in [0.25, 0.3) is 17.5 Å². The standard InChI is InChI=1S/C23H16N2O5/c1-13-4-3-5-20(14(13)2)24-22(27)18-11-8-16(12-19(18)23(24)28)21(26)15-6-9-17(10-7-15)25(29)30/h3-12H,1-2H3. The number of anilines is 1. The van der Waals surface area contributed by atoms with E-state index in [1.165, 1.54) is 42.5 Å². The number of amides is 2. The van der Waals surface area contributed by atoms with Crippen LogP contribution in [0, 0.1) is 24.0 Å². The van der Waals surface area contributed by atoms with Gasteiger partial charge in [-0.05, 0) is 55.3 Å². The fourth-order valence-electron chi connectivity index (χ4n) is 3.48. The van der Waals surface area contributed by atoms with Gasteiger partial charge in [0.1, 0.15) is 0 Å². The fraction of sp³-hybridized carbons (Fsp3) is 0.0870. The largest absolute Gasteiger partial charge is 0.289 e. The van der Waals surface area contributed by atoms with Crippen molar-refractivity contribution in [2.75, 3.05) is 4.90 Å². The highest BCUT2D eigenvalue weighted by molar-refractivity contribution is 6.35. The molecule has 1 aliphatic rings. The number of hydrogen-bond acceptors (Lipinski definition) is 5. The minimum atomic E-state index is -0.546. The zero-order valence-corrected chi connectivity index (χ0v) is 16.2. The average Bonchev–Trinajstić information content (AvgIpc) is 2.99. The molecule has 0 saturated heterocycles. The lowest BCUT2D eigenvalue weighted by molar-refractivity contribution is -0.384. The quantitative estimate of drug-likeness (QED) is 0.282. The number of nitro groups is 1. The van der Waals surface area contributed by atoms with Crippen LogP contribution in [-0.4, -0.2) is 22.5 Å². The van der Waals surface area contributed by atoms with Crippen LogP contribution in [-0.2, 0) is 0 Å². The summed E-state index contributed by atoms with van der Waals surface area (Å²) in [6.07, 6.45) is 0. The molecule has 7 heteroatoms. The van der Waals surface area contributed by atoms with Crippen molar-refractivity contribution in [2.24, 2.45) is 0 Å². The van der Waals surface area contributed by atoms with Crippen molar-refractivity contribution in [2.45, 2.75) is 13.8 Å². The second-order valence-electron chi connectivity index (χ2n) is 7.06. The zero-order valence-electron chi connectivity index (χ0n) is 16.2. The van der Waals surface area contributed by atoms with Crippen molar-refractivity contribution in [3.63, 3.8) is 0 Å². The first-order chi connectivity index (χ1) is 14.3. The lowest BCUT2D eigenvalue weighted by atomic mass is 9.99. The Morgan fingerprint density at radius 3 is 2.17 bits per heavy atom. The lowest BCUT2D eigenvalue weighted by Crippen LogP contribution is -2.30. The average molecular weight is 400 g/mol. The topological polar surface area (TPSA) is 97.6 Å². The summed E-state index contributed by atoms with van der Waals surface area (Å²) >= 11 is 0. The van der Waals surface area contributed by atoms with Gasteiger partial charge in [-0.25, -0.2) is 4.90 Å². The van der Waals surface area contributed by atoms with Crippen molar-refractivity contribution >= 4 is 29.0 Å². The second kappa shape index (κ2) is 7.04. The number of carbonyl (C=O) groups is 3. The van der Waals surface area contributed by atoms with E-state index < -0.39 is 22.5 Å². The molecule has 148 valence electrons. The summed E-state index contributed by atoms with van der Waals surface area (Å²) < 4.78 is 0. The molecule has 0 atom stereocenters. The number of fused-ring (bicyclic) bond motifs is 1. The van der Waals surface area contributed by atoms with Crippen LogP contribution in [0.4, 0.5) is 11.4 Å². The van der Waals surface area contributed by atoms with E-state index in [1.807, 2.05) is 19.9 Å². The molecule has 0 radical (unpaired) electrons. The molecule has 1 heterocycles. The maximum absolute atomic E-state index is 13.0. The molecule has 0 N–H and O–H groups in total. The summed E-state index contributed by atoms with van der Waals surface area (Å²) in [6.45, 7) is 3.75. The molecule has 3 aromatic rings. The number of benzene rings is 3. The fourth-order valence-corrected chi connectivity index (χ4v) is 3.48. The monoisotopic (exact) mass is 400 g/mol. The molecule has 0 bridgehead atoms. The van der Waals surface area contributed by atoms with Crippen LogP contribution in [0.3, 0.4) is 0 Å². The number of rotatable bonds is 4. The normalized spacial score (nSPS) is 12.8. The number of nitrogens with zero attached hydrogens (tertiary/aromatic N) is 2. The third-order valence-corrected chi connectivity index (χ3v) is 5.31. The molecule has 3 aromatic carbocycles. The molecule has 0 aromatic heterocycles. The van der Waals surface area contributed by atoms with E-state index in [2.05, 4.69) is 0 Å². The van der Waals surface area contributed by atoms with Gasteiger partial charge < -0.3 is 0 Å². The first-order valence-corrected chi connectivity index (χ1v) is 9.18. The summed E-state index contributed by atoms with van der Waals surface area (Å²) in [5.74, 6) is -1.31. The van der Waals surface area contributed by atoms with Gasteiger partial charge in [0, 0.05) is 23.3 Å².